The van der Waals surface area contributed by atoms with E-state index < -0.39 is 6.08 Å². The minimum atomic E-state index is -0.604. The van der Waals surface area contributed by atoms with Crippen LogP contribution in [0.3, 0.4) is 0 Å². The van der Waals surface area contributed by atoms with Gasteiger partial charge >= 0.3 is 0 Å². The minimum absolute atomic E-state index is 0.540. The molecule has 0 radical (unpaired) electrons. The Kier molecular flexibility index (Phi) is 1.81. The number of benzene rings is 1. The third-order valence-corrected chi connectivity index (χ3v) is 2.30. The highest BCUT2D eigenvalue weighted by molar-refractivity contribution is 9.10. The van der Waals surface area contributed by atoms with Crippen LogP contribution in [0.25, 0.3) is 11.0 Å². The molecule has 62 valence electrons. The first kappa shape index (κ1) is 8.01. The minimum Gasteiger partial charge on any atom is -0.314 e. The average molecular weight is 249 g/mol. The van der Waals surface area contributed by atoms with Crippen LogP contribution < -0.4 is 0 Å². The third kappa shape index (κ3) is 1.21. The molecule has 12 heavy (non-hydrogen) atoms. The lowest BCUT2D eigenvalue weighted by atomic mass is 10.3. The molecule has 0 aliphatic rings. The quantitative estimate of drug-likeness (QED) is 0.763. The van der Waals surface area contributed by atoms with E-state index >= 15 is 0 Å². The van der Waals surface area contributed by atoms with Crippen molar-refractivity contribution < 1.29 is 4.39 Å². The number of halogens is 3. The largest absolute Gasteiger partial charge is 0.314 e. The van der Waals surface area contributed by atoms with Crippen LogP contribution >= 0.6 is 27.5 Å². The van der Waals surface area contributed by atoms with Gasteiger partial charge in [0.1, 0.15) is 5.52 Å². The maximum atomic E-state index is 12.6. The van der Waals surface area contributed by atoms with Gasteiger partial charge in [-0.05, 0) is 28.1 Å². The molecule has 0 fully saturated rings. The van der Waals surface area contributed by atoms with E-state index in [0.29, 0.717) is 20.5 Å². The van der Waals surface area contributed by atoms with Gasteiger partial charge in [-0.1, -0.05) is 11.6 Å². The summed E-state index contributed by atoms with van der Waals surface area (Å²) in [5, 5.41) is 0.540. The number of H-pyrrole nitrogens is 1. The average Bonchev–Trinajstić information content (AvgIpc) is 2.29. The molecule has 5 heteroatoms. The van der Waals surface area contributed by atoms with Crippen LogP contribution in [0.5, 0.6) is 0 Å². The molecule has 0 bridgehead atoms. The molecular formula is C7H3BrClFN2. The number of fused-ring (bicyclic) bond motifs is 1. The first-order valence-corrected chi connectivity index (χ1v) is 4.34. The van der Waals surface area contributed by atoms with Gasteiger partial charge < -0.3 is 4.98 Å². The number of aromatic nitrogens is 2. The summed E-state index contributed by atoms with van der Waals surface area (Å²) in [6.45, 7) is 0. The monoisotopic (exact) mass is 248 g/mol. The second kappa shape index (κ2) is 2.71. The summed E-state index contributed by atoms with van der Waals surface area (Å²) in [5.74, 6) is 0. The van der Waals surface area contributed by atoms with Crippen LogP contribution in [0.1, 0.15) is 0 Å². The number of hydrogen-bond donors (Lipinski definition) is 1. The van der Waals surface area contributed by atoms with Crippen molar-refractivity contribution >= 4 is 38.6 Å². The van der Waals surface area contributed by atoms with Crippen LogP contribution in [0.2, 0.25) is 5.02 Å². The number of nitrogens with one attached hydrogen (secondary N) is 1. The fourth-order valence-corrected chi connectivity index (χ4v) is 1.91. The number of nitrogens with zero attached hydrogens (tertiary/aromatic N) is 1. The molecule has 0 amide bonds. The lowest BCUT2D eigenvalue weighted by Gasteiger charge is -1.92. The summed E-state index contributed by atoms with van der Waals surface area (Å²) in [6.07, 6.45) is -0.604. The van der Waals surface area contributed by atoms with E-state index in [0.717, 1.165) is 0 Å². The highest BCUT2D eigenvalue weighted by Gasteiger charge is 2.06. The van der Waals surface area contributed by atoms with Gasteiger partial charge in [0.15, 0.2) is 0 Å². The lowest BCUT2D eigenvalue weighted by Crippen LogP contribution is -1.72. The lowest BCUT2D eigenvalue weighted by molar-refractivity contribution is 0.556. The van der Waals surface area contributed by atoms with Gasteiger partial charge in [-0.2, -0.15) is 4.39 Å². The van der Waals surface area contributed by atoms with Crippen molar-refractivity contribution in [2.75, 3.05) is 0 Å². The fraction of sp³-hybridized carbons (Fsp3) is 0. The first-order chi connectivity index (χ1) is 5.66. The van der Waals surface area contributed by atoms with Crippen molar-refractivity contribution in [1.29, 1.82) is 0 Å². The van der Waals surface area contributed by atoms with Crippen molar-refractivity contribution in [3.63, 3.8) is 0 Å². The number of imidazole rings is 1. The van der Waals surface area contributed by atoms with Crippen LogP contribution in [0, 0.1) is 6.08 Å². The maximum Gasteiger partial charge on any atom is 0.287 e. The third-order valence-electron chi connectivity index (χ3n) is 1.48. The molecule has 0 spiro atoms. The van der Waals surface area contributed by atoms with Crippen LogP contribution in [0.4, 0.5) is 4.39 Å². The van der Waals surface area contributed by atoms with Crippen LogP contribution in [0.15, 0.2) is 16.6 Å². The van der Waals surface area contributed by atoms with Crippen molar-refractivity contribution in [2.24, 2.45) is 0 Å². The van der Waals surface area contributed by atoms with Crippen molar-refractivity contribution in [2.45, 2.75) is 0 Å². The number of hydrogen-bond acceptors (Lipinski definition) is 1. The van der Waals surface area contributed by atoms with E-state index in [2.05, 4.69) is 25.9 Å². The number of aromatic amines is 1. The molecule has 2 nitrogen and oxygen atoms in total. The van der Waals surface area contributed by atoms with E-state index in [9.17, 15) is 4.39 Å². The summed E-state index contributed by atoms with van der Waals surface area (Å²) >= 11 is 8.96. The Morgan fingerprint density at radius 2 is 2.25 bits per heavy atom. The van der Waals surface area contributed by atoms with Gasteiger partial charge in [-0.3, -0.25) is 0 Å². The normalized spacial score (nSPS) is 10.9. The molecule has 1 aromatic carbocycles. The summed E-state index contributed by atoms with van der Waals surface area (Å²) in [7, 11) is 0. The van der Waals surface area contributed by atoms with Crippen LogP contribution in [-0.4, -0.2) is 9.97 Å². The Labute approximate surface area is 80.9 Å². The summed E-state index contributed by atoms with van der Waals surface area (Å²) < 4.78 is 13.3. The van der Waals surface area contributed by atoms with E-state index in [1.807, 2.05) is 0 Å². The van der Waals surface area contributed by atoms with Gasteiger partial charge in [-0.15, -0.1) is 0 Å². The molecule has 1 heterocycles. The van der Waals surface area contributed by atoms with Crippen molar-refractivity contribution in [1.82, 2.24) is 9.97 Å². The van der Waals surface area contributed by atoms with E-state index in [4.69, 9.17) is 11.6 Å². The molecule has 1 aromatic heterocycles. The molecular weight excluding hydrogens is 246 g/mol. The molecule has 0 aliphatic heterocycles. The Balaban J connectivity index is 2.88. The Bertz CT molecular complexity index is 440. The molecule has 2 aromatic rings. The topological polar surface area (TPSA) is 28.7 Å². The molecule has 0 aliphatic carbocycles. The highest BCUT2D eigenvalue weighted by atomic mass is 79.9. The molecule has 0 atom stereocenters. The van der Waals surface area contributed by atoms with Crippen LogP contribution in [-0.2, 0) is 0 Å². The Morgan fingerprint density at radius 1 is 1.50 bits per heavy atom. The van der Waals surface area contributed by atoms with Gasteiger partial charge in [0.05, 0.1) is 5.52 Å². The van der Waals surface area contributed by atoms with Gasteiger partial charge in [0.25, 0.3) is 6.08 Å². The van der Waals surface area contributed by atoms with Crippen molar-refractivity contribution in [3.05, 3.63) is 27.7 Å². The Morgan fingerprint density at radius 3 is 3.00 bits per heavy atom. The summed E-state index contributed by atoms with van der Waals surface area (Å²) in [6, 6.07) is 3.29. The summed E-state index contributed by atoms with van der Waals surface area (Å²) in [4.78, 5) is 6.07. The van der Waals surface area contributed by atoms with Gasteiger partial charge in [0.2, 0.25) is 0 Å². The van der Waals surface area contributed by atoms with E-state index in [1.165, 1.54) is 0 Å². The maximum absolute atomic E-state index is 12.6. The van der Waals surface area contributed by atoms with Gasteiger partial charge in [-0.25, -0.2) is 4.98 Å². The van der Waals surface area contributed by atoms with Crippen molar-refractivity contribution in [3.8, 4) is 0 Å². The standard InChI is InChI=1S/C7H3BrClFN2/c8-4-1-3(9)2-5-6(4)12-7(10)11-5/h1-2H,(H,11,12). The molecule has 0 saturated carbocycles. The second-order valence-corrected chi connectivity index (χ2v) is 3.60. The highest BCUT2D eigenvalue weighted by Crippen LogP contribution is 2.25. The molecule has 0 saturated heterocycles. The predicted molar refractivity (Wildman–Crippen MR) is 48.8 cm³/mol. The van der Waals surface area contributed by atoms with E-state index in [-0.39, 0.29) is 0 Å². The zero-order chi connectivity index (χ0) is 8.72. The van der Waals surface area contributed by atoms with E-state index in [1.54, 1.807) is 12.1 Å². The molecule has 2 rings (SSSR count). The Hall–Kier alpha value is -0.610. The number of rotatable bonds is 0. The SMILES string of the molecule is Fc1nc2c(Br)cc(Cl)cc2[nH]1. The zero-order valence-electron chi connectivity index (χ0n) is 5.74. The smallest absolute Gasteiger partial charge is 0.287 e. The summed E-state index contributed by atoms with van der Waals surface area (Å²) in [5.41, 5.74) is 1.14. The predicted octanol–water partition coefficient (Wildman–Crippen LogP) is 3.12. The van der Waals surface area contributed by atoms with Gasteiger partial charge in [0, 0.05) is 9.50 Å². The first-order valence-electron chi connectivity index (χ1n) is 3.17. The second-order valence-electron chi connectivity index (χ2n) is 2.31. The zero-order valence-corrected chi connectivity index (χ0v) is 8.08. The molecule has 1 N–H and O–H groups in total. The fourth-order valence-electron chi connectivity index (χ4n) is 1.01. The molecule has 0 unspecified atom stereocenters.